The zero-order valence-electron chi connectivity index (χ0n) is 14.7. The number of pyridine rings is 1. The highest BCUT2D eigenvalue weighted by Crippen LogP contribution is 2.35. The van der Waals surface area contributed by atoms with Gasteiger partial charge in [-0.15, -0.1) is 0 Å². The lowest BCUT2D eigenvalue weighted by Crippen LogP contribution is -2.34. The van der Waals surface area contributed by atoms with E-state index in [1.807, 2.05) is 29.3 Å². The zero-order valence-corrected chi connectivity index (χ0v) is 14.7. The van der Waals surface area contributed by atoms with Crippen molar-refractivity contribution in [3.63, 3.8) is 0 Å². The molecule has 0 unspecified atom stereocenters. The lowest BCUT2D eigenvalue weighted by molar-refractivity contribution is 0.415. The molecule has 4 rings (SSSR count). The molecule has 1 aromatic carbocycles. The number of H-pyrrole nitrogens is 1. The number of piperidine rings is 1. The zero-order chi connectivity index (χ0) is 17.9. The van der Waals surface area contributed by atoms with E-state index in [-0.39, 0.29) is 5.82 Å². The largest absolute Gasteiger partial charge is 0.497 e. The molecule has 3 heterocycles. The summed E-state index contributed by atoms with van der Waals surface area (Å²) < 4.78 is 19.3. The fourth-order valence-corrected chi connectivity index (χ4v) is 3.62. The number of benzene rings is 1. The lowest BCUT2D eigenvalue weighted by atomic mass is 9.89. The molecule has 6 heteroatoms. The summed E-state index contributed by atoms with van der Waals surface area (Å²) in [5, 5.41) is 7.45. The van der Waals surface area contributed by atoms with Crippen LogP contribution >= 0.6 is 0 Å². The highest BCUT2D eigenvalue weighted by Gasteiger charge is 2.26. The van der Waals surface area contributed by atoms with Gasteiger partial charge in [0.05, 0.1) is 13.3 Å². The molecule has 5 nitrogen and oxygen atoms in total. The fourth-order valence-electron chi connectivity index (χ4n) is 3.62. The first-order valence-electron chi connectivity index (χ1n) is 8.79. The second-order valence-electron chi connectivity index (χ2n) is 6.50. The number of aromatic nitrogens is 3. The molecule has 0 atom stereocenters. The first-order valence-corrected chi connectivity index (χ1v) is 8.79. The Morgan fingerprint density at radius 3 is 2.81 bits per heavy atom. The van der Waals surface area contributed by atoms with E-state index in [2.05, 4.69) is 21.2 Å². The minimum absolute atomic E-state index is 0.260. The van der Waals surface area contributed by atoms with Crippen LogP contribution < -0.4 is 9.64 Å². The van der Waals surface area contributed by atoms with Crippen molar-refractivity contribution in [1.82, 2.24) is 15.2 Å². The normalized spacial score (nSPS) is 15.2. The minimum atomic E-state index is -0.260. The van der Waals surface area contributed by atoms with Crippen LogP contribution in [0.4, 0.5) is 10.2 Å². The molecule has 1 N–H and O–H groups in total. The molecule has 0 aliphatic carbocycles. The maximum Gasteiger partial charge on any atom is 0.165 e. The lowest BCUT2D eigenvalue weighted by Gasteiger charge is -2.32. The topological polar surface area (TPSA) is 54.0 Å². The van der Waals surface area contributed by atoms with Gasteiger partial charge in [-0.3, -0.25) is 5.10 Å². The number of nitrogens with zero attached hydrogens (tertiary/aromatic N) is 3. The Morgan fingerprint density at radius 1 is 1.19 bits per heavy atom. The quantitative estimate of drug-likeness (QED) is 0.771. The Labute approximate surface area is 151 Å². The van der Waals surface area contributed by atoms with E-state index in [4.69, 9.17) is 4.74 Å². The van der Waals surface area contributed by atoms with Gasteiger partial charge < -0.3 is 9.64 Å². The fraction of sp³-hybridized carbons (Fsp3) is 0.300. The van der Waals surface area contributed by atoms with Gasteiger partial charge in [0, 0.05) is 36.5 Å². The van der Waals surface area contributed by atoms with Gasteiger partial charge in [0.2, 0.25) is 0 Å². The SMILES string of the molecule is COc1cccc(-c2cn[nH]c2C2CCN(c3ncccc3F)CC2)c1. The number of nitrogens with one attached hydrogen (secondary N) is 1. The molecule has 1 aliphatic rings. The van der Waals surface area contributed by atoms with Crippen LogP contribution in [0.5, 0.6) is 5.75 Å². The molecule has 0 amide bonds. The first kappa shape index (κ1) is 16.6. The third kappa shape index (κ3) is 3.14. The number of hydrogen-bond acceptors (Lipinski definition) is 4. The summed E-state index contributed by atoms with van der Waals surface area (Å²) in [5.74, 6) is 1.38. The number of ether oxygens (including phenoxy) is 1. The van der Waals surface area contributed by atoms with Gasteiger partial charge in [0.25, 0.3) is 0 Å². The van der Waals surface area contributed by atoms with Crippen LogP contribution in [0.2, 0.25) is 0 Å². The summed E-state index contributed by atoms with van der Waals surface area (Å²) in [5.41, 5.74) is 3.33. The minimum Gasteiger partial charge on any atom is -0.497 e. The van der Waals surface area contributed by atoms with Gasteiger partial charge in [-0.2, -0.15) is 5.10 Å². The van der Waals surface area contributed by atoms with Crippen LogP contribution in [-0.2, 0) is 0 Å². The van der Waals surface area contributed by atoms with Crippen molar-refractivity contribution in [2.75, 3.05) is 25.1 Å². The Balaban J connectivity index is 1.52. The maximum absolute atomic E-state index is 14.0. The summed E-state index contributed by atoms with van der Waals surface area (Å²) >= 11 is 0. The molecule has 1 aliphatic heterocycles. The molecule has 1 saturated heterocycles. The molecule has 0 spiro atoms. The predicted octanol–water partition coefficient (Wildman–Crippen LogP) is 4.00. The van der Waals surface area contributed by atoms with E-state index in [0.29, 0.717) is 11.7 Å². The maximum atomic E-state index is 14.0. The van der Waals surface area contributed by atoms with Crippen molar-refractivity contribution in [2.24, 2.45) is 0 Å². The predicted molar refractivity (Wildman–Crippen MR) is 99.0 cm³/mol. The molecular formula is C20H21FN4O. The van der Waals surface area contributed by atoms with Crippen LogP contribution in [0.25, 0.3) is 11.1 Å². The Bertz CT molecular complexity index is 887. The Hall–Kier alpha value is -2.89. The van der Waals surface area contributed by atoms with E-state index in [0.717, 1.165) is 48.5 Å². The van der Waals surface area contributed by atoms with E-state index in [1.54, 1.807) is 19.4 Å². The average Bonchev–Trinajstić information content (AvgIpc) is 3.18. The number of rotatable bonds is 4. The molecule has 0 saturated carbocycles. The molecule has 26 heavy (non-hydrogen) atoms. The van der Waals surface area contributed by atoms with Crippen molar-refractivity contribution >= 4 is 5.82 Å². The average molecular weight is 352 g/mol. The molecule has 0 radical (unpaired) electrons. The van der Waals surface area contributed by atoms with Gasteiger partial charge in [0.15, 0.2) is 11.6 Å². The highest BCUT2D eigenvalue weighted by molar-refractivity contribution is 5.67. The van der Waals surface area contributed by atoms with Crippen LogP contribution in [0.3, 0.4) is 0 Å². The first-order chi connectivity index (χ1) is 12.8. The van der Waals surface area contributed by atoms with Crippen molar-refractivity contribution < 1.29 is 9.13 Å². The number of aromatic amines is 1. The van der Waals surface area contributed by atoms with Gasteiger partial charge in [-0.05, 0) is 42.7 Å². The van der Waals surface area contributed by atoms with Crippen LogP contribution in [0.15, 0.2) is 48.8 Å². The summed E-state index contributed by atoms with van der Waals surface area (Å²) in [7, 11) is 1.67. The number of methoxy groups -OCH3 is 1. The third-order valence-electron chi connectivity index (χ3n) is 4.99. The highest BCUT2D eigenvalue weighted by atomic mass is 19.1. The number of anilines is 1. The second-order valence-corrected chi connectivity index (χ2v) is 6.50. The second kappa shape index (κ2) is 7.15. The van der Waals surface area contributed by atoms with Gasteiger partial charge in [0.1, 0.15) is 5.75 Å². The van der Waals surface area contributed by atoms with Crippen molar-refractivity contribution in [1.29, 1.82) is 0 Å². The summed E-state index contributed by atoms with van der Waals surface area (Å²) in [6, 6.07) is 11.1. The molecule has 1 fully saturated rings. The monoisotopic (exact) mass is 352 g/mol. The van der Waals surface area contributed by atoms with E-state index < -0.39 is 0 Å². The summed E-state index contributed by atoms with van der Waals surface area (Å²) in [6.45, 7) is 1.55. The summed E-state index contributed by atoms with van der Waals surface area (Å²) in [4.78, 5) is 6.21. The standard InChI is InChI=1S/C20H21FN4O/c1-26-16-5-2-4-15(12-16)17-13-23-24-19(17)14-7-10-25(11-8-14)20-18(21)6-3-9-22-20/h2-6,9,12-14H,7-8,10-11H2,1H3,(H,23,24). The van der Waals surface area contributed by atoms with Gasteiger partial charge in [-0.1, -0.05) is 12.1 Å². The molecule has 2 aromatic heterocycles. The number of hydrogen-bond donors (Lipinski definition) is 1. The van der Waals surface area contributed by atoms with Crippen molar-refractivity contribution in [2.45, 2.75) is 18.8 Å². The Morgan fingerprint density at radius 2 is 2.04 bits per heavy atom. The third-order valence-corrected chi connectivity index (χ3v) is 4.99. The van der Waals surface area contributed by atoms with E-state index >= 15 is 0 Å². The van der Waals surface area contributed by atoms with Crippen molar-refractivity contribution in [3.8, 4) is 16.9 Å². The Kier molecular flexibility index (Phi) is 4.56. The molecular weight excluding hydrogens is 331 g/mol. The molecule has 0 bridgehead atoms. The van der Waals surface area contributed by atoms with E-state index in [1.165, 1.54) is 6.07 Å². The van der Waals surface area contributed by atoms with Crippen molar-refractivity contribution in [3.05, 3.63) is 60.3 Å². The van der Waals surface area contributed by atoms with E-state index in [9.17, 15) is 4.39 Å². The molecule has 3 aromatic rings. The summed E-state index contributed by atoms with van der Waals surface area (Å²) in [6.07, 6.45) is 5.36. The van der Waals surface area contributed by atoms with Crippen LogP contribution in [0, 0.1) is 5.82 Å². The molecule has 134 valence electrons. The smallest absolute Gasteiger partial charge is 0.165 e. The van der Waals surface area contributed by atoms with Gasteiger partial charge >= 0.3 is 0 Å². The van der Waals surface area contributed by atoms with Crippen LogP contribution in [0.1, 0.15) is 24.5 Å². The van der Waals surface area contributed by atoms with Crippen LogP contribution in [-0.4, -0.2) is 35.4 Å². The number of halogens is 1. The van der Waals surface area contributed by atoms with Gasteiger partial charge in [-0.25, -0.2) is 9.37 Å².